The second kappa shape index (κ2) is 5.35. The third-order valence-corrected chi connectivity index (χ3v) is 5.26. The molecule has 0 aliphatic heterocycles. The second-order valence-corrected chi connectivity index (χ2v) is 7.76. The molecule has 0 amide bonds. The van der Waals surface area contributed by atoms with Crippen LogP contribution in [0.4, 0.5) is 5.13 Å². The highest BCUT2D eigenvalue weighted by molar-refractivity contribution is 7.13. The van der Waals surface area contributed by atoms with Gasteiger partial charge in [-0.05, 0) is 32.1 Å². The lowest BCUT2D eigenvalue weighted by molar-refractivity contribution is -0.142. The van der Waals surface area contributed by atoms with Crippen molar-refractivity contribution < 1.29 is 9.90 Å². The molecule has 2 N–H and O–H groups in total. The molecule has 0 bridgehead atoms. The highest BCUT2D eigenvalue weighted by Crippen LogP contribution is 2.38. The van der Waals surface area contributed by atoms with Crippen LogP contribution in [0.2, 0.25) is 0 Å². The van der Waals surface area contributed by atoms with Gasteiger partial charge >= 0.3 is 5.97 Å². The number of anilines is 1. The third kappa shape index (κ3) is 2.97. The van der Waals surface area contributed by atoms with Crippen molar-refractivity contribution in [1.29, 1.82) is 0 Å². The molecule has 0 radical (unpaired) electrons. The molecule has 112 valence electrons. The lowest BCUT2D eigenvalue weighted by Crippen LogP contribution is -2.39. The van der Waals surface area contributed by atoms with E-state index in [-0.39, 0.29) is 5.41 Å². The van der Waals surface area contributed by atoms with Crippen LogP contribution in [-0.4, -0.2) is 22.1 Å². The summed E-state index contributed by atoms with van der Waals surface area (Å²) in [6.07, 6.45) is 4.92. The van der Waals surface area contributed by atoms with Crippen LogP contribution >= 0.6 is 11.3 Å². The number of aromatic nitrogens is 1. The van der Waals surface area contributed by atoms with Crippen LogP contribution in [0.15, 0.2) is 5.38 Å². The summed E-state index contributed by atoms with van der Waals surface area (Å²) in [5, 5.41) is 15.5. The van der Waals surface area contributed by atoms with Crippen molar-refractivity contribution in [3.8, 4) is 0 Å². The van der Waals surface area contributed by atoms with Crippen molar-refractivity contribution in [2.45, 2.75) is 64.8 Å². The Labute approximate surface area is 124 Å². The summed E-state index contributed by atoms with van der Waals surface area (Å²) >= 11 is 1.50. The molecule has 1 saturated carbocycles. The molecular formula is C15H24N2O2S. The average molecular weight is 296 g/mol. The van der Waals surface area contributed by atoms with E-state index < -0.39 is 11.4 Å². The third-order valence-electron chi connectivity index (χ3n) is 4.48. The van der Waals surface area contributed by atoms with E-state index in [0.29, 0.717) is 11.7 Å². The zero-order chi connectivity index (χ0) is 15.0. The highest BCUT2D eigenvalue weighted by atomic mass is 32.1. The van der Waals surface area contributed by atoms with Crippen molar-refractivity contribution in [2.24, 2.45) is 5.41 Å². The number of carbonyl (C=O) groups is 1. The largest absolute Gasteiger partial charge is 0.481 e. The number of thiazole rings is 1. The number of carboxylic acids is 1. The predicted octanol–water partition coefficient (Wildman–Crippen LogP) is 3.89. The minimum absolute atomic E-state index is 0.270. The molecule has 1 heterocycles. The van der Waals surface area contributed by atoms with Gasteiger partial charge in [-0.3, -0.25) is 4.79 Å². The van der Waals surface area contributed by atoms with Crippen molar-refractivity contribution in [2.75, 3.05) is 5.32 Å². The van der Waals surface area contributed by atoms with Gasteiger partial charge in [-0.15, -0.1) is 11.3 Å². The highest BCUT2D eigenvalue weighted by Gasteiger charge is 2.34. The van der Waals surface area contributed by atoms with Gasteiger partial charge in [0.05, 0.1) is 5.69 Å². The molecule has 0 saturated heterocycles. The van der Waals surface area contributed by atoms with Crippen LogP contribution in [-0.2, 0) is 10.2 Å². The predicted molar refractivity (Wildman–Crippen MR) is 82.4 cm³/mol. The van der Waals surface area contributed by atoms with E-state index in [1.54, 1.807) is 13.8 Å². The van der Waals surface area contributed by atoms with Gasteiger partial charge in [0.25, 0.3) is 0 Å². The number of nitrogens with one attached hydrogen (secondary N) is 1. The SMILES string of the molecule is CC(C)(C(=O)O)c1csc(NC2CCCCC2(C)C)n1. The van der Waals surface area contributed by atoms with E-state index in [1.807, 2.05) is 5.38 Å². The first-order chi connectivity index (χ1) is 9.23. The van der Waals surface area contributed by atoms with E-state index in [0.717, 1.165) is 11.6 Å². The Morgan fingerprint density at radius 3 is 2.80 bits per heavy atom. The van der Waals surface area contributed by atoms with Crippen LogP contribution < -0.4 is 5.32 Å². The first kappa shape index (κ1) is 15.3. The average Bonchev–Trinajstić information content (AvgIpc) is 2.81. The summed E-state index contributed by atoms with van der Waals surface area (Å²) in [5.41, 5.74) is -0.0311. The van der Waals surface area contributed by atoms with Gasteiger partial charge in [-0.1, -0.05) is 26.7 Å². The monoisotopic (exact) mass is 296 g/mol. The Morgan fingerprint density at radius 1 is 1.50 bits per heavy atom. The Bertz CT molecular complexity index is 494. The number of carboxylic acid groups (broad SMARTS) is 1. The molecule has 0 aromatic carbocycles. The fraction of sp³-hybridized carbons (Fsp3) is 0.733. The number of rotatable bonds is 4. The molecule has 20 heavy (non-hydrogen) atoms. The Balaban J connectivity index is 2.12. The summed E-state index contributed by atoms with van der Waals surface area (Å²) in [6.45, 7) is 7.97. The molecule has 5 heteroatoms. The van der Waals surface area contributed by atoms with E-state index >= 15 is 0 Å². The van der Waals surface area contributed by atoms with Crippen LogP contribution in [0.1, 0.15) is 59.1 Å². The molecule has 1 unspecified atom stereocenters. The van der Waals surface area contributed by atoms with Gasteiger partial charge in [-0.25, -0.2) is 4.98 Å². The molecule has 2 rings (SSSR count). The van der Waals surface area contributed by atoms with Gasteiger partial charge < -0.3 is 10.4 Å². The fourth-order valence-corrected chi connectivity index (χ4v) is 3.58. The number of aliphatic carboxylic acids is 1. The van der Waals surface area contributed by atoms with Gasteiger partial charge in [0.15, 0.2) is 5.13 Å². The van der Waals surface area contributed by atoms with Crippen molar-refractivity contribution in [1.82, 2.24) is 4.98 Å². The molecular weight excluding hydrogens is 272 g/mol. The maximum Gasteiger partial charge on any atom is 0.315 e. The zero-order valence-corrected chi connectivity index (χ0v) is 13.5. The maximum atomic E-state index is 11.3. The minimum Gasteiger partial charge on any atom is -0.481 e. The van der Waals surface area contributed by atoms with Gasteiger partial charge in [0, 0.05) is 11.4 Å². The number of nitrogens with zero attached hydrogens (tertiary/aromatic N) is 1. The first-order valence-electron chi connectivity index (χ1n) is 7.19. The molecule has 1 aliphatic rings. The minimum atomic E-state index is -0.932. The molecule has 1 aromatic heterocycles. The fourth-order valence-electron chi connectivity index (χ4n) is 2.65. The molecule has 1 aliphatic carbocycles. The van der Waals surface area contributed by atoms with Crippen molar-refractivity contribution in [3.05, 3.63) is 11.1 Å². The summed E-state index contributed by atoms with van der Waals surface area (Å²) in [4.78, 5) is 15.8. The van der Waals surface area contributed by atoms with Gasteiger partial charge in [-0.2, -0.15) is 0 Å². The van der Waals surface area contributed by atoms with E-state index in [1.165, 1.54) is 30.6 Å². The number of hydrogen-bond acceptors (Lipinski definition) is 4. The Morgan fingerprint density at radius 2 is 2.20 bits per heavy atom. The summed E-state index contributed by atoms with van der Waals surface area (Å²) < 4.78 is 0. The smallest absolute Gasteiger partial charge is 0.315 e. The lowest BCUT2D eigenvalue weighted by atomic mass is 9.73. The van der Waals surface area contributed by atoms with Gasteiger partial charge in [0.1, 0.15) is 5.41 Å². The molecule has 1 fully saturated rings. The second-order valence-electron chi connectivity index (χ2n) is 6.90. The lowest BCUT2D eigenvalue weighted by Gasteiger charge is -2.39. The number of hydrogen-bond donors (Lipinski definition) is 2. The topological polar surface area (TPSA) is 62.2 Å². The molecule has 4 nitrogen and oxygen atoms in total. The summed E-state index contributed by atoms with van der Waals surface area (Å²) in [7, 11) is 0. The quantitative estimate of drug-likeness (QED) is 0.885. The van der Waals surface area contributed by atoms with E-state index in [9.17, 15) is 9.90 Å². The zero-order valence-electron chi connectivity index (χ0n) is 12.7. The van der Waals surface area contributed by atoms with Crippen molar-refractivity contribution in [3.63, 3.8) is 0 Å². The van der Waals surface area contributed by atoms with E-state index in [4.69, 9.17) is 0 Å². The van der Waals surface area contributed by atoms with Crippen LogP contribution in [0, 0.1) is 5.41 Å². The summed E-state index contributed by atoms with van der Waals surface area (Å²) in [5.74, 6) is -0.840. The molecule has 0 spiro atoms. The maximum absolute atomic E-state index is 11.3. The van der Waals surface area contributed by atoms with Crippen LogP contribution in [0.5, 0.6) is 0 Å². The molecule has 1 aromatic rings. The standard InChI is InChI=1S/C15H24N2O2S/c1-14(2)8-6-5-7-10(14)16-13-17-11(9-20-13)15(3,4)12(18)19/h9-10H,5-8H2,1-4H3,(H,16,17)(H,18,19). The van der Waals surface area contributed by atoms with Gasteiger partial charge in [0.2, 0.25) is 0 Å². The first-order valence-corrected chi connectivity index (χ1v) is 8.07. The van der Waals surface area contributed by atoms with Crippen molar-refractivity contribution >= 4 is 22.4 Å². The van der Waals surface area contributed by atoms with Crippen LogP contribution in [0.3, 0.4) is 0 Å². The van der Waals surface area contributed by atoms with Crippen LogP contribution in [0.25, 0.3) is 0 Å². The summed E-state index contributed by atoms with van der Waals surface area (Å²) in [6, 6.07) is 0.420. The van der Waals surface area contributed by atoms with E-state index in [2.05, 4.69) is 24.1 Å². The Hall–Kier alpha value is -1.10. The normalized spacial score (nSPS) is 22.5. The Kier molecular flexibility index (Phi) is 4.09. The molecule has 1 atom stereocenters.